The number of aliphatic hydroxyl groups is 1. The van der Waals surface area contributed by atoms with Gasteiger partial charge in [-0.2, -0.15) is 0 Å². The van der Waals surface area contributed by atoms with E-state index in [1.165, 1.54) is 7.11 Å². The molecule has 6 heteroatoms. The van der Waals surface area contributed by atoms with Crippen LogP contribution in [0.3, 0.4) is 0 Å². The van der Waals surface area contributed by atoms with Crippen molar-refractivity contribution in [2.75, 3.05) is 7.11 Å². The van der Waals surface area contributed by atoms with Gasteiger partial charge in [0.1, 0.15) is 10.6 Å². The quantitative estimate of drug-likeness (QED) is 0.804. The van der Waals surface area contributed by atoms with E-state index in [4.69, 9.17) is 4.74 Å². The molecule has 0 bridgehead atoms. The van der Waals surface area contributed by atoms with E-state index < -0.39 is 22.2 Å². The fraction of sp³-hybridized carbons (Fsp3) is 0.333. The highest BCUT2D eigenvalue weighted by Crippen LogP contribution is 2.25. The van der Waals surface area contributed by atoms with Gasteiger partial charge in [0.2, 0.25) is 10.0 Å². The molecule has 0 aromatic heterocycles. The van der Waals surface area contributed by atoms with Crippen molar-refractivity contribution in [1.82, 2.24) is 4.72 Å². The molecule has 0 saturated carbocycles. The zero-order valence-electron chi connectivity index (χ0n) is 14.1. The third-order valence-electron chi connectivity index (χ3n) is 3.81. The van der Waals surface area contributed by atoms with Crippen LogP contribution in [0.1, 0.15) is 18.1 Å². The van der Waals surface area contributed by atoms with Crippen LogP contribution in [0.2, 0.25) is 0 Å². The molecule has 0 aliphatic heterocycles. The first-order valence-electron chi connectivity index (χ1n) is 7.72. The molecule has 2 atom stereocenters. The number of hydrogen-bond donors (Lipinski definition) is 2. The molecule has 2 aromatic rings. The van der Waals surface area contributed by atoms with E-state index in [9.17, 15) is 13.5 Å². The number of benzene rings is 2. The van der Waals surface area contributed by atoms with Gasteiger partial charge in [0.25, 0.3) is 0 Å². The van der Waals surface area contributed by atoms with Crippen LogP contribution in [0.5, 0.6) is 5.75 Å². The molecule has 0 unspecified atom stereocenters. The Bertz CT molecular complexity index is 775. The number of sulfonamides is 1. The van der Waals surface area contributed by atoms with Crippen molar-refractivity contribution < 1.29 is 18.3 Å². The lowest BCUT2D eigenvalue weighted by molar-refractivity contribution is 0.144. The average Bonchev–Trinajstić information content (AvgIpc) is 2.55. The monoisotopic (exact) mass is 349 g/mol. The van der Waals surface area contributed by atoms with Crippen molar-refractivity contribution in [1.29, 1.82) is 0 Å². The second-order valence-electron chi connectivity index (χ2n) is 5.82. The van der Waals surface area contributed by atoms with Crippen molar-refractivity contribution >= 4 is 10.0 Å². The maximum Gasteiger partial charge on any atom is 0.244 e. The van der Waals surface area contributed by atoms with Gasteiger partial charge in [-0.1, -0.05) is 36.4 Å². The summed E-state index contributed by atoms with van der Waals surface area (Å²) in [5.41, 5.74) is 1.76. The van der Waals surface area contributed by atoms with Gasteiger partial charge in [-0.15, -0.1) is 0 Å². The molecule has 2 N–H and O–H groups in total. The van der Waals surface area contributed by atoms with Crippen LogP contribution in [0.25, 0.3) is 0 Å². The summed E-state index contributed by atoms with van der Waals surface area (Å²) in [5, 5.41) is 10.3. The summed E-state index contributed by atoms with van der Waals surface area (Å²) < 4.78 is 32.9. The Hall–Kier alpha value is -1.89. The number of aliphatic hydroxyl groups excluding tert-OH is 1. The van der Waals surface area contributed by atoms with Crippen LogP contribution in [0.15, 0.2) is 53.4 Å². The number of hydrogen-bond acceptors (Lipinski definition) is 4. The predicted octanol–water partition coefficient (Wildman–Crippen LogP) is 2.27. The molecular weight excluding hydrogens is 326 g/mol. The molecule has 0 fully saturated rings. The summed E-state index contributed by atoms with van der Waals surface area (Å²) in [6, 6.07) is 13.8. The third-order valence-corrected chi connectivity index (χ3v) is 5.39. The van der Waals surface area contributed by atoms with Gasteiger partial charge < -0.3 is 9.84 Å². The Balaban J connectivity index is 2.15. The van der Waals surface area contributed by atoms with Gasteiger partial charge in [-0.25, -0.2) is 13.1 Å². The maximum absolute atomic E-state index is 12.6. The van der Waals surface area contributed by atoms with Crippen LogP contribution in [0.4, 0.5) is 0 Å². The molecule has 24 heavy (non-hydrogen) atoms. The topological polar surface area (TPSA) is 75.6 Å². The first kappa shape index (κ1) is 18.4. The van der Waals surface area contributed by atoms with Gasteiger partial charge in [-0.3, -0.25) is 0 Å². The van der Waals surface area contributed by atoms with Crippen molar-refractivity contribution in [3.05, 3.63) is 59.7 Å². The molecule has 130 valence electrons. The maximum atomic E-state index is 12.6. The standard InChI is InChI=1S/C18H23NO4S/c1-13-9-10-17(23-3)18(11-13)24(21,22)19-14(2)16(20)12-15-7-5-4-6-8-15/h4-11,14,16,19-20H,12H2,1-3H3/t14-,16-/m0/s1. The van der Waals surface area contributed by atoms with Gasteiger partial charge in [0.15, 0.2) is 0 Å². The Morgan fingerprint density at radius 2 is 1.83 bits per heavy atom. The number of ether oxygens (including phenoxy) is 1. The molecule has 2 rings (SSSR count). The number of nitrogens with one attached hydrogen (secondary N) is 1. The minimum Gasteiger partial charge on any atom is -0.495 e. The molecule has 0 spiro atoms. The summed E-state index contributed by atoms with van der Waals surface area (Å²) >= 11 is 0. The molecular formula is C18H23NO4S. The summed E-state index contributed by atoms with van der Waals surface area (Å²) in [6.07, 6.45) is -0.465. The van der Waals surface area contributed by atoms with E-state index in [0.29, 0.717) is 6.42 Å². The van der Waals surface area contributed by atoms with Gasteiger partial charge >= 0.3 is 0 Å². The molecule has 5 nitrogen and oxygen atoms in total. The van der Waals surface area contributed by atoms with Crippen molar-refractivity contribution in [3.8, 4) is 5.75 Å². The smallest absolute Gasteiger partial charge is 0.244 e. The van der Waals surface area contributed by atoms with Crippen LogP contribution in [-0.2, 0) is 16.4 Å². The fourth-order valence-electron chi connectivity index (χ4n) is 2.41. The number of methoxy groups -OCH3 is 1. The first-order chi connectivity index (χ1) is 11.3. The highest BCUT2D eigenvalue weighted by atomic mass is 32.2. The van der Waals surface area contributed by atoms with Crippen LogP contribution in [0, 0.1) is 6.92 Å². The lowest BCUT2D eigenvalue weighted by atomic mass is 10.0. The molecule has 2 aromatic carbocycles. The molecule has 0 aliphatic carbocycles. The van der Waals surface area contributed by atoms with Crippen molar-refractivity contribution in [2.24, 2.45) is 0 Å². The Kier molecular flexibility index (Phi) is 5.99. The summed E-state index contributed by atoms with van der Waals surface area (Å²) in [7, 11) is -2.37. The van der Waals surface area contributed by atoms with Crippen LogP contribution < -0.4 is 9.46 Å². The molecule has 0 aliphatic rings. The molecule has 0 amide bonds. The normalized spacial score (nSPS) is 14.2. The Morgan fingerprint density at radius 1 is 1.17 bits per heavy atom. The number of aryl methyl sites for hydroxylation is 1. The van der Waals surface area contributed by atoms with Gasteiger partial charge in [0.05, 0.1) is 13.2 Å². The van der Waals surface area contributed by atoms with Crippen LogP contribution >= 0.6 is 0 Å². The van der Waals surface area contributed by atoms with E-state index in [1.807, 2.05) is 37.3 Å². The molecule has 0 heterocycles. The number of rotatable bonds is 7. The second-order valence-corrected chi connectivity index (χ2v) is 7.50. The highest BCUT2D eigenvalue weighted by molar-refractivity contribution is 7.89. The van der Waals surface area contributed by atoms with Gasteiger partial charge in [0, 0.05) is 6.04 Å². The fourth-order valence-corrected chi connectivity index (χ4v) is 3.94. The minimum atomic E-state index is -3.80. The first-order valence-corrected chi connectivity index (χ1v) is 9.21. The molecule has 0 radical (unpaired) electrons. The van der Waals surface area contributed by atoms with Crippen molar-refractivity contribution in [3.63, 3.8) is 0 Å². The Morgan fingerprint density at radius 3 is 2.46 bits per heavy atom. The highest BCUT2D eigenvalue weighted by Gasteiger charge is 2.25. The summed E-state index contributed by atoms with van der Waals surface area (Å²) in [5.74, 6) is 0.276. The summed E-state index contributed by atoms with van der Waals surface area (Å²) in [6.45, 7) is 3.46. The zero-order chi connectivity index (χ0) is 17.7. The molecule has 0 saturated heterocycles. The lowest BCUT2D eigenvalue weighted by Gasteiger charge is -2.21. The third kappa shape index (κ3) is 4.56. The summed E-state index contributed by atoms with van der Waals surface area (Å²) in [4.78, 5) is 0.0729. The lowest BCUT2D eigenvalue weighted by Crippen LogP contribution is -2.42. The van der Waals surface area contributed by atoms with E-state index >= 15 is 0 Å². The van der Waals surface area contributed by atoms with E-state index in [1.54, 1.807) is 25.1 Å². The van der Waals surface area contributed by atoms with Crippen molar-refractivity contribution in [2.45, 2.75) is 37.3 Å². The van der Waals surface area contributed by atoms with E-state index in [0.717, 1.165) is 11.1 Å². The zero-order valence-corrected chi connectivity index (χ0v) is 14.9. The van der Waals surface area contributed by atoms with Crippen LogP contribution in [-0.4, -0.2) is 32.8 Å². The van der Waals surface area contributed by atoms with E-state index in [-0.39, 0.29) is 10.6 Å². The Labute approximate surface area is 143 Å². The van der Waals surface area contributed by atoms with E-state index in [2.05, 4.69) is 4.72 Å². The van der Waals surface area contributed by atoms with Gasteiger partial charge in [-0.05, 0) is 43.5 Å². The SMILES string of the molecule is COc1ccc(C)cc1S(=O)(=O)N[C@@H](C)[C@@H](O)Cc1ccccc1. The largest absolute Gasteiger partial charge is 0.495 e. The minimum absolute atomic E-state index is 0.0729. The average molecular weight is 349 g/mol. The predicted molar refractivity (Wildman–Crippen MR) is 93.7 cm³/mol. The second kappa shape index (κ2) is 7.79.